The van der Waals surface area contributed by atoms with Crippen molar-refractivity contribution < 1.29 is 19.5 Å². The minimum atomic E-state index is -0.974. The lowest BCUT2D eigenvalue weighted by molar-refractivity contribution is -0.148. The van der Waals surface area contributed by atoms with Gasteiger partial charge < -0.3 is 15.3 Å². The van der Waals surface area contributed by atoms with E-state index in [1.165, 1.54) is 4.90 Å². The number of carbonyl (C=O) groups is 3. The molecule has 2 amide bonds. The van der Waals surface area contributed by atoms with Gasteiger partial charge in [0.1, 0.15) is 6.04 Å². The van der Waals surface area contributed by atoms with Gasteiger partial charge in [0, 0.05) is 6.54 Å². The SMILES string of the molecule is CC.CN1CCCC1C(=O)NCC(=O)N1CCC[C@H]1C(=O)O. The van der Waals surface area contributed by atoms with Crippen LogP contribution in [0.4, 0.5) is 0 Å². The maximum Gasteiger partial charge on any atom is 0.326 e. The van der Waals surface area contributed by atoms with Crippen molar-refractivity contribution in [1.29, 1.82) is 0 Å². The average Bonchev–Trinajstić information content (AvgIpc) is 3.15. The molecule has 2 N–H and O–H groups in total. The first-order chi connectivity index (χ1) is 10.5. The maximum atomic E-state index is 12.0. The Morgan fingerprint density at radius 3 is 2.23 bits per heavy atom. The summed E-state index contributed by atoms with van der Waals surface area (Å²) in [5, 5.41) is 11.7. The summed E-state index contributed by atoms with van der Waals surface area (Å²) in [6.45, 7) is 5.22. The minimum absolute atomic E-state index is 0.118. The molecule has 22 heavy (non-hydrogen) atoms. The number of hydrogen-bond donors (Lipinski definition) is 2. The first-order valence-corrected chi connectivity index (χ1v) is 8.01. The molecule has 0 radical (unpaired) electrons. The molecule has 2 saturated heterocycles. The summed E-state index contributed by atoms with van der Waals surface area (Å²) in [4.78, 5) is 38.3. The molecule has 2 fully saturated rings. The van der Waals surface area contributed by atoms with Gasteiger partial charge in [-0.2, -0.15) is 0 Å². The Bertz CT molecular complexity index is 414. The van der Waals surface area contributed by atoms with Crippen LogP contribution >= 0.6 is 0 Å². The van der Waals surface area contributed by atoms with Gasteiger partial charge in [-0.1, -0.05) is 13.8 Å². The number of likely N-dealkylation sites (tertiary alicyclic amines) is 2. The fourth-order valence-corrected chi connectivity index (χ4v) is 2.95. The highest BCUT2D eigenvalue weighted by molar-refractivity contribution is 5.89. The quantitative estimate of drug-likeness (QED) is 0.779. The van der Waals surface area contributed by atoms with Gasteiger partial charge in [-0.15, -0.1) is 0 Å². The molecule has 1 unspecified atom stereocenters. The number of aliphatic carboxylic acids is 1. The van der Waals surface area contributed by atoms with Gasteiger partial charge >= 0.3 is 5.97 Å². The van der Waals surface area contributed by atoms with Gasteiger partial charge in [0.2, 0.25) is 11.8 Å². The summed E-state index contributed by atoms with van der Waals surface area (Å²) < 4.78 is 0. The summed E-state index contributed by atoms with van der Waals surface area (Å²) in [5.74, 6) is -1.44. The zero-order valence-corrected chi connectivity index (χ0v) is 13.7. The summed E-state index contributed by atoms with van der Waals surface area (Å²) in [7, 11) is 1.89. The number of carbonyl (C=O) groups excluding carboxylic acids is 2. The van der Waals surface area contributed by atoms with Crippen LogP contribution < -0.4 is 5.32 Å². The van der Waals surface area contributed by atoms with E-state index in [2.05, 4.69) is 5.32 Å². The van der Waals surface area contributed by atoms with Crippen LogP contribution in [0.3, 0.4) is 0 Å². The number of rotatable bonds is 4. The van der Waals surface area contributed by atoms with E-state index >= 15 is 0 Å². The molecule has 0 saturated carbocycles. The summed E-state index contributed by atoms with van der Waals surface area (Å²) in [5.41, 5.74) is 0. The van der Waals surface area contributed by atoms with Crippen molar-refractivity contribution in [3.8, 4) is 0 Å². The fourth-order valence-electron chi connectivity index (χ4n) is 2.95. The summed E-state index contributed by atoms with van der Waals surface area (Å²) in [6.07, 6.45) is 2.97. The van der Waals surface area contributed by atoms with Gasteiger partial charge in [0.05, 0.1) is 12.6 Å². The predicted molar refractivity (Wildman–Crippen MR) is 82.4 cm³/mol. The minimum Gasteiger partial charge on any atom is -0.480 e. The molecule has 7 nitrogen and oxygen atoms in total. The second-order valence-corrected chi connectivity index (χ2v) is 5.44. The summed E-state index contributed by atoms with van der Waals surface area (Å²) in [6, 6.07) is -0.912. The van der Waals surface area contributed by atoms with Crippen LogP contribution in [-0.4, -0.2) is 71.5 Å². The molecule has 126 valence electrons. The Labute approximate surface area is 131 Å². The Morgan fingerprint density at radius 1 is 1.09 bits per heavy atom. The normalized spacial score (nSPS) is 24.6. The second kappa shape index (κ2) is 8.73. The Hall–Kier alpha value is -1.63. The first kappa shape index (κ1) is 18.4. The number of hydrogen-bond acceptors (Lipinski definition) is 4. The Balaban J connectivity index is 0.00000116. The van der Waals surface area contributed by atoms with Crippen molar-refractivity contribution in [3.63, 3.8) is 0 Å². The lowest BCUT2D eigenvalue weighted by Crippen LogP contribution is -2.48. The van der Waals surface area contributed by atoms with Crippen LogP contribution in [0.2, 0.25) is 0 Å². The standard InChI is InChI=1S/C13H21N3O4.C2H6/c1-15-6-2-4-9(15)12(18)14-8-11(17)16-7-3-5-10(16)13(19)20;1-2/h9-10H,2-8H2,1H3,(H,14,18)(H,19,20);1-2H3/t9?,10-;/m0./s1. The fraction of sp³-hybridized carbons (Fsp3) is 0.800. The number of amides is 2. The van der Waals surface area contributed by atoms with Crippen molar-refractivity contribution >= 4 is 17.8 Å². The molecule has 0 bridgehead atoms. The van der Waals surface area contributed by atoms with Crippen molar-refractivity contribution in [3.05, 3.63) is 0 Å². The van der Waals surface area contributed by atoms with Gasteiger partial charge in [-0.05, 0) is 39.3 Å². The molecular weight excluding hydrogens is 286 g/mol. The van der Waals surface area contributed by atoms with Crippen LogP contribution in [0.5, 0.6) is 0 Å². The van der Waals surface area contributed by atoms with E-state index < -0.39 is 12.0 Å². The third-order valence-electron chi connectivity index (χ3n) is 4.10. The largest absolute Gasteiger partial charge is 0.480 e. The van der Waals surface area contributed by atoms with E-state index in [-0.39, 0.29) is 24.4 Å². The third-order valence-corrected chi connectivity index (χ3v) is 4.10. The molecule has 0 aromatic carbocycles. The van der Waals surface area contributed by atoms with E-state index in [1.54, 1.807) is 0 Å². The zero-order valence-electron chi connectivity index (χ0n) is 13.7. The molecule has 2 aliphatic rings. The van der Waals surface area contributed by atoms with Gasteiger partial charge in [0.15, 0.2) is 0 Å². The van der Waals surface area contributed by atoms with Gasteiger partial charge in [0.25, 0.3) is 0 Å². The van der Waals surface area contributed by atoms with E-state index in [0.29, 0.717) is 19.4 Å². The third kappa shape index (κ3) is 4.43. The van der Waals surface area contributed by atoms with Crippen LogP contribution in [0, 0.1) is 0 Å². The van der Waals surface area contributed by atoms with Crippen LogP contribution in [0.25, 0.3) is 0 Å². The number of carboxylic acids is 1. The van der Waals surface area contributed by atoms with Crippen molar-refractivity contribution in [2.45, 2.75) is 51.6 Å². The van der Waals surface area contributed by atoms with E-state index in [0.717, 1.165) is 19.4 Å². The summed E-state index contributed by atoms with van der Waals surface area (Å²) >= 11 is 0. The topological polar surface area (TPSA) is 90.0 Å². The van der Waals surface area contributed by atoms with Crippen molar-refractivity contribution in [1.82, 2.24) is 15.1 Å². The Morgan fingerprint density at radius 2 is 1.68 bits per heavy atom. The van der Waals surface area contributed by atoms with Gasteiger partial charge in [-0.25, -0.2) is 4.79 Å². The van der Waals surface area contributed by atoms with Crippen molar-refractivity contribution in [2.24, 2.45) is 0 Å². The molecule has 2 atom stereocenters. The number of nitrogens with one attached hydrogen (secondary N) is 1. The number of likely N-dealkylation sites (N-methyl/N-ethyl adjacent to an activating group) is 1. The van der Waals surface area contributed by atoms with Gasteiger partial charge in [-0.3, -0.25) is 14.5 Å². The molecule has 0 spiro atoms. The van der Waals surface area contributed by atoms with E-state index in [1.807, 2.05) is 25.8 Å². The molecule has 0 aromatic rings. The van der Waals surface area contributed by atoms with Crippen LogP contribution in [0.1, 0.15) is 39.5 Å². The van der Waals surface area contributed by atoms with E-state index in [4.69, 9.17) is 5.11 Å². The maximum absolute atomic E-state index is 12.0. The molecule has 2 aliphatic heterocycles. The lowest BCUT2D eigenvalue weighted by atomic mass is 10.2. The van der Waals surface area contributed by atoms with Crippen LogP contribution in [-0.2, 0) is 14.4 Å². The molecule has 0 aliphatic carbocycles. The second-order valence-electron chi connectivity index (χ2n) is 5.44. The highest BCUT2D eigenvalue weighted by atomic mass is 16.4. The smallest absolute Gasteiger partial charge is 0.326 e. The molecule has 0 aromatic heterocycles. The monoisotopic (exact) mass is 313 g/mol. The average molecular weight is 313 g/mol. The lowest BCUT2D eigenvalue weighted by Gasteiger charge is -2.23. The first-order valence-electron chi connectivity index (χ1n) is 8.01. The molecular formula is C15H27N3O4. The highest BCUT2D eigenvalue weighted by Crippen LogP contribution is 2.17. The zero-order chi connectivity index (χ0) is 16.7. The number of carboxylic acid groups (broad SMARTS) is 1. The highest BCUT2D eigenvalue weighted by Gasteiger charge is 2.34. The molecule has 2 rings (SSSR count). The van der Waals surface area contributed by atoms with Crippen molar-refractivity contribution in [2.75, 3.05) is 26.7 Å². The number of nitrogens with zero attached hydrogens (tertiary/aromatic N) is 2. The predicted octanol–water partition coefficient (Wildman–Crippen LogP) is 0.299. The van der Waals surface area contributed by atoms with Crippen LogP contribution in [0.15, 0.2) is 0 Å². The Kier molecular flexibility index (Phi) is 7.31. The molecule has 2 heterocycles. The molecule has 7 heteroatoms. The van der Waals surface area contributed by atoms with E-state index in [9.17, 15) is 14.4 Å².